The summed E-state index contributed by atoms with van der Waals surface area (Å²) in [6, 6.07) is 0. The molecule has 1 heterocycles. The zero-order valence-electron chi connectivity index (χ0n) is 11.4. The Kier molecular flexibility index (Phi) is 7.95. The fourth-order valence-electron chi connectivity index (χ4n) is 1.51. The molecule has 7 heteroatoms. The van der Waals surface area contributed by atoms with Crippen LogP contribution in [0.15, 0.2) is 5.16 Å². The van der Waals surface area contributed by atoms with E-state index in [1.165, 1.54) is 0 Å². The zero-order valence-corrected chi connectivity index (χ0v) is 12.2. The van der Waals surface area contributed by atoms with Crippen molar-refractivity contribution in [2.75, 3.05) is 26.8 Å². The number of nitrogens with zero attached hydrogens (tertiary/aromatic N) is 4. The van der Waals surface area contributed by atoms with Gasteiger partial charge >= 0.3 is 0 Å². The first-order chi connectivity index (χ1) is 8.81. The third-order valence-corrected chi connectivity index (χ3v) is 4.17. The summed E-state index contributed by atoms with van der Waals surface area (Å²) in [5.41, 5.74) is 0. The van der Waals surface area contributed by atoms with Crippen molar-refractivity contribution in [1.29, 1.82) is 0 Å². The Balaban J connectivity index is 2.35. The largest absolute Gasteiger partial charge is 0.383 e. The summed E-state index contributed by atoms with van der Waals surface area (Å²) in [4.78, 5) is 0. The fourth-order valence-corrected chi connectivity index (χ4v) is 2.47. The van der Waals surface area contributed by atoms with Crippen molar-refractivity contribution in [1.82, 2.24) is 25.5 Å². The summed E-state index contributed by atoms with van der Waals surface area (Å²) in [5, 5.41) is 16.6. The normalized spacial score (nSPS) is 11.3. The minimum atomic E-state index is 0.594. The minimum Gasteiger partial charge on any atom is -0.383 e. The van der Waals surface area contributed by atoms with Crippen LogP contribution in [-0.4, -0.2) is 52.3 Å². The maximum Gasteiger partial charge on any atom is 0.209 e. The van der Waals surface area contributed by atoms with E-state index >= 15 is 0 Å². The lowest BCUT2D eigenvalue weighted by atomic mass is 10.3. The lowest BCUT2D eigenvalue weighted by molar-refractivity contribution is 0.199. The van der Waals surface area contributed by atoms with E-state index in [-0.39, 0.29) is 0 Å². The van der Waals surface area contributed by atoms with Crippen LogP contribution in [0, 0.1) is 0 Å². The first-order valence-electron chi connectivity index (χ1n) is 6.44. The van der Waals surface area contributed by atoms with Crippen molar-refractivity contribution >= 4 is 11.8 Å². The molecule has 1 aromatic rings. The first kappa shape index (κ1) is 15.4. The molecular weight excluding hydrogens is 250 g/mol. The van der Waals surface area contributed by atoms with Gasteiger partial charge in [0, 0.05) is 25.4 Å². The molecule has 0 radical (unpaired) electrons. The number of aromatic nitrogens is 4. The minimum absolute atomic E-state index is 0.594. The van der Waals surface area contributed by atoms with Crippen LogP contribution in [0.2, 0.25) is 0 Å². The first-order valence-corrected chi connectivity index (χ1v) is 7.32. The van der Waals surface area contributed by atoms with Gasteiger partial charge in [0.25, 0.3) is 0 Å². The van der Waals surface area contributed by atoms with Crippen molar-refractivity contribution in [2.45, 2.75) is 43.6 Å². The van der Waals surface area contributed by atoms with Gasteiger partial charge in [0.15, 0.2) is 0 Å². The van der Waals surface area contributed by atoms with Crippen LogP contribution in [0.1, 0.15) is 26.7 Å². The maximum absolute atomic E-state index is 4.97. The second kappa shape index (κ2) is 9.29. The molecule has 0 saturated carbocycles. The van der Waals surface area contributed by atoms with E-state index in [0.717, 1.165) is 44.2 Å². The van der Waals surface area contributed by atoms with E-state index in [0.29, 0.717) is 5.25 Å². The van der Waals surface area contributed by atoms with Crippen molar-refractivity contribution in [3.63, 3.8) is 0 Å². The number of methoxy groups -OCH3 is 1. The highest BCUT2D eigenvalue weighted by atomic mass is 32.2. The second-order valence-electron chi connectivity index (χ2n) is 3.98. The molecule has 0 bridgehead atoms. The van der Waals surface area contributed by atoms with Gasteiger partial charge in [-0.2, -0.15) is 0 Å². The molecule has 0 spiro atoms. The predicted molar refractivity (Wildman–Crippen MR) is 72.8 cm³/mol. The topological polar surface area (TPSA) is 64.9 Å². The number of ether oxygens (including phenoxy) is 1. The summed E-state index contributed by atoms with van der Waals surface area (Å²) >= 11 is 1.76. The van der Waals surface area contributed by atoms with Crippen molar-refractivity contribution in [2.24, 2.45) is 0 Å². The molecule has 1 N–H and O–H groups in total. The predicted octanol–water partition coefficient (Wildman–Crippen LogP) is 1.19. The number of tetrazole rings is 1. The lowest BCUT2D eigenvalue weighted by Crippen LogP contribution is -2.24. The Morgan fingerprint density at radius 1 is 1.33 bits per heavy atom. The van der Waals surface area contributed by atoms with Gasteiger partial charge < -0.3 is 10.1 Å². The van der Waals surface area contributed by atoms with Gasteiger partial charge in [0.05, 0.1) is 13.2 Å². The monoisotopic (exact) mass is 273 g/mol. The number of hydrogen-bond donors (Lipinski definition) is 1. The SMILES string of the molecule is CCC(CC)Sc1nnnn1CCNCCOC. The number of hydrogen-bond acceptors (Lipinski definition) is 6. The van der Waals surface area contributed by atoms with Gasteiger partial charge in [-0.25, -0.2) is 4.68 Å². The van der Waals surface area contributed by atoms with Crippen LogP contribution >= 0.6 is 11.8 Å². The Hall–Kier alpha value is -0.660. The van der Waals surface area contributed by atoms with Crippen LogP contribution < -0.4 is 5.32 Å². The third-order valence-electron chi connectivity index (χ3n) is 2.67. The van der Waals surface area contributed by atoms with E-state index in [9.17, 15) is 0 Å². The van der Waals surface area contributed by atoms with E-state index in [1.54, 1.807) is 18.9 Å². The van der Waals surface area contributed by atoms with Gasteiger partial charge in [-0.05, 0) is 23.3 Å². The highest BCUT2D eigenvalue weighted by molar-refractivity contribution is 7.99. The Labute approximate surface area is 113 Å². The number of nitrogens with one attached hydrogen (secondary N) is 1. The van der Waals surface area contributed by atoms with Crippen molar-refractivity contribution < 1.29 is 4.74 Å². The van der Waals surface area contributed by atoms with Gasteiger partial charge in [-0.1, -0.05) is 25.6 Å². The Morgan fingerprint density at radius 2 is 2.11 bits per heavy atom. The Morgan fingerprint density at radius 3 is 2.78 bits per heavy atom. The molecule has 0 aliphatic heterocycles. The summed E-state index contributed by atoms with van der Waals surface area (Å²) in [5.74, 6) is 0. The molecule has 0 fully saturated rings. The standard InChI is InChI=1S/C11H23N5OS/c1-4-10(5-2)18-11-13-14-15-16(11)8-6-12-7-9-17-3/h10,12H,4-9H2,1-3H3. The highest BCUT2D eigenvalue weighted by Gasteiger charge is 2.12. The molecule has 6 nitrogen and oxygen atoms in total. The van der Waals surface area contributed by atoms with Gasteiger partial charge in [0.1, 0.15) is 0 Å². The smallest absolute Gasteiger partial charge is 0.209 e. The summed E-state index contributed by atoms with van der Waals surface area (Å²) in [6.45, 7) is 7.62. The maximum atomic E-state index is 4.97. The number of rotatable bonds is 10. The average molecular weight is 273 g/mol. The van der Waals surface area contributed by atoms with Crippen LogP contribution in [0.4, 0.5) is 0 Å². The van der Waals surface area contributed by atoms with Crippen molar-refractivity contribution in [3.8, 4) is 0 Å². The lowest BCUT2D eigenvalue weighted by Gasteiger charge is -2.11. The second-order valence-corrected chi connectivity index (χ2v) is 5.25. The molecule has 104 valence electrons. The summed E-state index contributed by atoms with van der Waals surface area (Å²) in [6.07, 6.45) is 2.28. The van der Waals surface area contributed by atoms with Gasteiger partial charge in [-0.3, -0.25) is 0 Å². The summed E-state index contributed by atoms with van der Waals surface area (Å²) < 4.78 is 6.83. The molecule has 0 aromatic carbocycles. The molecule has 18 heavy (non-hydrogen) atoms. The number of thioether (sulfide) groups is 1. The molecule has 0 atom stereocenters. The third kappa shape index (κ3) is 5.32. The molecule has 0 aliphatic rings. The highest BCUT2D eigenvalue weighted by Crippen LogP contribution is 2.24. The van der Waals surface area contributed by atoms with E-state index < -0.39 is 0 Å². The molecule has 0 unspecified atom stereocenters. The molecule has 1 aromatic heterocycles. The average Bonchev–Trinajstić information content (AvgIpc) is 2.83. The van der Waals surface area contributed by atoms with Gasteiger partial charge in [0.2, 0.25) is 5.16 Å². The van der Waals surface area contributed by atoms with E-state index in [4.69, 9.17) is 4.74 Å². The fraction of sp³-hybridized carbons (Fsp3) is 0.909. The van der Waals surface area contributed by atoms with E-state index in [1.807, 2.05) is 4.68 Å². The molecule has 0 aliphatic carbocycles. The summed E-state index contributed by atoms with van der Waals surface area (Å²) in [7, 11) is 1.70. The van der Waals surface area contributed by atoms with Crippen LogP contribution in [0.3, 0.4) is 0 Å². The Bertz CT molecular complexity index is 316. The van der Waals surface area contributed by atoms with Crippen molar-refractivity contribution in [3.05, 3.63) is 0 Å². The van der Waals surface area contributed by atoms with E-state index in [2.05, 4.69) is 34.7 Å². The zero-order chi connectivity index (χ0) is 13.2. The molecular formula is C11H23N5OS. The van der Waals surface area contributed by atoms with Crippen LogP contribution in [-0.2, 0) is 11.3 Å². The van der Waals surface area contributed by atoms with Crippen LogP contribution in [0.25, 0.3) is 0 Å². The quantitative estimate of drug-likeness (QED) is 0.510. The molecule has 1 rings (SSSR count). The molecule has 0 amide bonds. The molecule has 0 saturated heterocycles. The van der Waals surface area contributed by atoms with Crippen LogP contribution in [0.5, 0.6) is 0 Å². The van der Waals surface area contributed by atoms with Gasteiger partial charge in [-0.15, -0.1) is 5.10 Å².